The van der Waals surface area contributed by atoms with Crippen LogP contribution in [0, 0.1) is 0 Å². The molecular formula is C24H25ClN4O3S. The number of nitrogens with one attached hydrogen (secondary N) is 1. The molecule has 0 spiro atoms. The first-order valence-electron chi connectivity index (χ1n) is 10.5. The molecule has 33 heavy (non-hydrogen) atoms. The van der Waals surface area contributed by atoms with Crippen LogP contribution < -0.4 is 10.1 Å². The third-order valence-corrected chi connectivity index (χ3v) is 6.12. The van der Waals surface area contributed by atoms with E-state index in [4.69, 9.17) is 42.8 Å². The lowest BCUT2D eigenvalue weighted by Crippen LogP contribution is -2.46. The Kier molecular flexibility index (Phi) is 7.27. The van der Waals surface area contributed by atoms with Gasteiger partial charge in [-0.2, -0.15) is 4.98 Å². The molecule has 2 aromatic carbocycles. The smallest absolute Gasteiger partial charge is 0.258 e. The lowest BCUT2D eigenvalue weighted by atomic mass is 9.95. The van der Waals surface area contributed by atoms with Crippen LogP contribution in [-0.4, -0.2) is 47.5 Å². The lowest BCUT2D eigenvalue weighted by molar-refractivity contribution is 0.188. The van der Waals surface area contributed by atoms with Crippen LogP contribution in [0.25, 0.3) is 17.0 Å². The molecule has 1 aromatic heterocycles. The molecule has 1 atom stereocenters. The van der Waals surface area contributed by atoms with Crippen LogP contribution in [0.15, 0.2) is 58.8 Å². The Labute approximate surface area is 203 Å². The number of halogens is 1. The number of nitrogens with zero attached hydrogens (tertiary/aromatic N) is 3. The van der Waals surface area contributed by atoms with E-state index in [1.165, 1.54) is 0 Å². The van der Waals surface area contributed by atoms with Gasteiger partial charge in [-0.05, 0) is 67.5 Å². The number of rotatable bonds is 8. The van der Waals surface area contributed by atoms with E-state index in [1.54, 1.807) is 14.2 Å². The summed E-state index contributed by atoms with van der Waals surface area (Å²) in [4.78, 5) is 6.77. The molecule has 0 saturated heterocycles. The van der Waals surface area contributed by atoms with Gasteiger partial charge in [0.25, 0.3) is 5.89 Å². The molecule has 1 aliphatic rings. The Balaban J connectivity index is 1.74. The number of methoxy groups -OCH3 is 2. The third kappa shape index (κ3) is 5.03. The first kappa shape index (κ1) is 23.2. The van der Waals surface area contributed by atoms with Crippen molar-refractivity contribution in [2.24, 2.45) is 0 Å². The summed E-state index contributed by atoms with van der Waals surface area (Å²) >= 11 is 11.8. The maximum atomic E-state index is 6.12. The lowest BCUT2D eigenvalue weighted by Gasteiger charge is -2.37. The van der Waals surface area contributed by atoms with Gasteiger partial charge in [-0.25, -0.2) is 0 Å². The van der Waals surface area contributed by atoms with Crippen LogP contribution in [0.3, 0.4) is 0 Å². The van der Waals surface area contributed by atoms with Gasteiger partial charge in [0.2, 0.25) is 5.82 Å². The van der Waals surface area contributed by atoms with Crippen LogP contribution >= 0.6 is 23.8 Å². The van der Waals surface area contributed by atoms with Gasteiger partial charge in [0.05, 0.1) is 18.7 Å². The Bertz CT molecular complexity index is 1150. The fourth-order valence-electron chi connectivity index (χ4n) is 3.79. The van der Waals surface area contributed by atoms with E-state index in [1.807, 2.05) is 60.4 Å². The molecule has 7 nitrogen and oxygen atoms in total. The van der Waals surface area contributed by atoms with Gasteiger partial charge in [-0.15, -0.1) is 0 Å². The van der Waals surface area contributed by atoms with E-state index < -0.39 is 0 Å². The second kappa shape index (κ2) is 10.3. The number of ether oxygens (including phenoxy) is 2. The summed E-state index contributed by atoms with van der Waals surface area (Å²) in [7, 11) is 3.32. The second-order valence-corrected chi connectivity index (χ2v) is 8.41. The number of allylic oxidation sites excluding steroid dienone is 1. The van der Waals surface area contributed by atoms with E-state index in [-0.39, 0.29) is 6.04 Å². The van der Waals surface area contributed by atoms with Crippen molar-refractivity contribution >= 4 is 34.5 Å². The number of hydrogen-bond donors (Lipinski definition) is 1. The molecule has 0 bridgehead atoms. The fraction of sp³-hybridized carbons (Fsp3) is 0.292. The Hall–Kier alpha value is -2.94. The average molecular weight is 485 g/mol. The number of thiocarbonyl (C=S) groups is 1. The van der Waals surface area contributed by atoms with Crippen LogP contribution in [0.2, 0.25) is 5.02 Å². The number of hydrogen-bond acceptors (Lipinski definition) is 6. The molecule has 3 aromatic rings. The van der Waals surface area contributed by atoms with Crippen molar-refractivity contribution in [2.45, 2.75) is 19.4 Å². The SMILES string of the molecule is COCCCN1C(=S)NC(c2ccc(Cl)cc2)C(c2nc(-c3ccc(OC)cc3)no2)=C1C. The molecule has 1 unspecified atom stereocenters. The molecule has 172 valence electrons. The van der Waals surface area contributed by atoms with Gasteiger partial charge in [-0.3, -0.25) is 0 Å². The van der Waals surface area contributed by atoms with Gasteiger partial charge >= 0.3 is 0 Å². The second-order valence-electron chi connectivity index (χ2n) is 7.58. The van der Waals surface area contributed by atoms with E-state index in [0.29, 0.717) is 35.0 Å². The predicted octanol–water partition coefficient (Wildman–Crippen LogP) is 5.10. The maximum Gasteiger partial charge on any atom is 0.258 e. The quantitative estimate of drug-likeness (QED) is 0.350. The first-order valence-corrected chi connectivity index (χ1v) is 11.3. The van der Waals surface area contributed by atoms with Gasteiger partial charge in [0.1, 0.15) is 5.75 Å². The van der Waals surface area contributed by atoms with Gasteiger partial charge in [0.15, 0.2) is 5.11 Å². The molecule has 0 fully saturated rings. The van der Waals surface area contributed by atoms with E-state index in [2.05, 4.69) is 10.5 Å². The molecule has 0 amide bonds. The van der Waals surface area contributed by atoms with Crippen molar-refractivity contribution < 1.29 is 14.0 Å². The average Bonchev–Trinajstić information content (AvgIpc) is 3.31. The summed E-state index contributed by atoms with van der Waals surface area (Å²) in [6.07, 6.45) is 0.829. The standard InChI is InChI=1S/C24H25ClN4O3S/c1-15-20(23-27-22(28-32-23)17-7-11-19(31-3)12-8-17)21(16-5-9-18(25)10-6-16)26-24(33)29(15)13-4-14-30-2/h5-12,21H,4,13-14H2,1-3H3,(H,26,33). The van der Waals surface area contributed by atoms with E-state index in [9.17, 15) is 0 Å². The molecule has 1 aliphatic heterocycles. The molecule has 9 heteroatoms. The highest BCUT2D eigenvalue weighted by molar-refractivity contribution is 7.80. The highest BCUT2D eigenvalue weighted by atomic mass is 35.5. The fourth-order valence-corrected chi connectivity index (χ4v) is 4.26. The molecule has 0 saturated carbocycles. The number of benzene rings is 2. The van der Waals surface area contributed by atoms with Crippen molar-refractivity contribution in [1.29, 1.82) is 0 Å². The summed E-state index contributed by atoms with van der Waals surface area (Å²) in [6.45, 7) is 3.38. The summed E-state index contributed by atoms with van der Waals surface area (Å²) in [6, 6.07) is 14.9. The highest BCUT2D eigenvalue weighted by Gasteiger charge is 2.33. The number of aromatic nitrogens is 2. The Morgan fingerprint density at radius 2 is 1.85 bits per heavy atom. The zero-order chi connectivity index (χ0) is 23.4. The summed E-state index contributed by atoms with van der Waals surface area (Å²) in [5.41, 5.74) is 3.66. The predicted molar refractivity (Wildman–Crippen MR) is 132 cm³/mol. The minimum atomic E-state index is -0.252. The monoisotopic (exact) mass is 484 g/mol. The molecule has 0 radical (unpaired) electrons. The summed E-state index contributed by atoms with van der Waals surface area (Å²) in [5.74, 6) is 1.70. The molecular weight excluding hydrogens is 460 g/mol. The zero-order valence-corrected chi connectivity index (χ0v) is 20.2. The van der Waals surface area contributed by atoms with Crippen LogP contribution in [0.4, 0.5) is 0 Å². The van der Waals surface area contributed by atoms with Crippen molar-refractivity contribution in [1.82, 2.24) is 20.4 Å². The highest BCUT2D eigenvalue weighted by Crippen LogP contribution is 2.37. The van der Waals surface area contributed by atoms with Crippen molar-refractivity contribution in [3.63, 3.8) is 0 Å². The normalized spacial score (nSPS) is 16.2. The largest absolute Gasteiger partial charge is 0.497 e. The minimum absolute atomic E-state index is 0.252. The molecule has 1 N–H and O–H groups in total. The van der Waals surface area contributed by atoms with Crippen molar-refractivity contribution in [3.05, 3.63) is 70.7 Å². The summed E-state index contributed by atoms with van der Waals surface area (Å²) in [5, 5.41) is 8.98. The van der Waals surface area contributed by atoms with Crippen LogP contribution in [0.1, 0.15) is 30.8 Å². The van der Waals surface area contributed by atoms with Crippen LogP contribution in [0.5, 0.6) is 5.75 Å². The van der Waals surface area contributed by atoms with Gasteiger partial charge in [-0.1, -0.05) is 28.9 Å². The van der Waals surface area contributed by atoms with Gasteiger partial charge in [0, 0.05) is 36.5 Å². The Morgan fingerprint density at radius 1 is 1.12 bits per heavy atom. The zero-order valence-electron chi connectivity index (χ0n) is 18.7. The van der Waals surface area contributed by atoms with Crippen molar-refractivity contribution in [2.75, 3.05) is 27.4 Å². The van der Waals surface area contributed by atoms with Gasteiger partial charge < -0.3 is 24.2 Å². The maximum absolute atomic E-state index is 6.12. The minimum Gasteiger partial charge on any atom is -0.497 e. The van der Waals surface area contributed by atoms with Crippen LogP contribution in [-0.2, 0) is 4.74 Å². The Morgan fingerprint density at radius 3 is 2.52 bits per heavy atom. The molecule has 4 rings (SSSR count). The van der Waals surface area contributed by atoms with E-state index in [0.717, 1.165) is 34.6 Å². The molecule has 0 aliphatic carbocycles. The third-order valence-electron chi connectivity index (χ3n) is 5.53. The summed E-state index contributed by atoms with van der Waals surface area (Å²) < 4.78 is 16.2. The topological polar surface area (TPSA) is 72.7 Å². The molecule has 2 heterocycles. The first-order chi connectivity index (χ1) is 16.0. The van der Waals surface area contributed by atoms with Crippen molar-refractivity contribution in [3.8, 4) is 17.1 Å². The van der Waals surface area contributed by atoms with E-state index >= 15 is 0 Å².